The molecule has 0 aromatic rings. The molecule has 1 amide bonds. The number of hydrogen-bond donors (Lipinski definition) is 2. The van der Waals surface area contributed by atoms with Crippen molar-refractivity contribution in [2.75, 3.05) is 6.54 Å². The molecular weight excluding hydrogens is 318 g/mol. The predicted octanol–water partition coefficient (Wildman–Crippen LogP) is 4.74. The average Bonchev–Trinajstić information content (AvgIpc) is 3.33. The first-order valence-corrected chi connectivity index (χ1v) is 9.90. The summed E-state index contributed by atoms with van der Waals surface area (Å²) in [6.45, 7) is 5.60. The molecule has 2 rings (SSSR count). The van der Waals surface area contributed by atoms with E-state index in [2.05, 4.69) is 5.32 Å². The minimum atomic E-state index is -0.852. The molecule has 0 aromatic carbocycles. The monoisotopic (exact) mass is 353 g/mol. The van der Waals surface area contributed by atoms with Crippen molar-refractivity contribution in [3.8, 4) is 0 Å². The lowest BCUT2D eigenvalue weighted by atomic mass is 9.74. The minimum Gasteiger partial charge on any atom is -0.481 e. The lowest BCUT2D eigenvalue weighted by molar-refractivity contribution is -0.150. The third kappa shape index (κ3) is 6.87. The number of carbonyl (C=O) groups excluding carboxylic acids is 1. The van der Waals surface area contributed by atoms with E-state index in [0.717, 1.165) is 19.3 Å². The maximum absolute atomic E-state index is 12.2. The molecule has 0 bridgehead atoms. The molecule has 0 saturated heterocycles. The number of carboxylic acid groups (broad SMARTS) is 1. The summed E-state index contributed by atoms with van der Waals surface area (Å²) in [5.41, 5.74) is -1.43. The van der Waals surface area contributed by atoms with Crippen LogP contribution >= 0.6 is 0 Å². The molecule has 2 saturated carbocycles. The molecule has 0 aliphatic heterocycles. The molecule has 0 heterocycles. The first-order chi connectivity index (χ1) is 11.7. The maximum atomic E-state index is 12.2. The van der Waals surface area contributed by atoms with E-state index in [9.17, 15) is 14.7 Å². The maximum Gasteiger partial charge on any atom is 0.407 e. The SMILES string of the molecule is CC(C)(C)OC(=O)NCC(CCC1CCCCC1)(CC1CC1)C(=O)O. The van der Waals surface area contributed by atoms with Gasteiger partial charge in [-0.3, -0.25) is 4.79 Å². The largest absolute Gasteiger partial charge is 0.481 e. The Morgan fingerprint density at radius 1 is 1.04 bits per heavy atom. The number of alkyl carbamates (subject to hydrolysis) is 1. The van der Waals surface area contributed by atoms with Gasteiger partial charge in [0.2, 0.25) is 0 Å². The molecule has 0 radical (unpaired) electrons. The number of nitrogens with one attached hydrogen (secondary N) is 1. The average molecular weight is 354 g/mol. The second kappa shape index (κ2) is 8.41. The highest BCUT2D eigenvalue weighted by atomic mass is 16.6. The van der Waals surface area contributed by atoms with Crippen molar-refractivity contribution >= 4 is 12.1 Å². The van der Waals surface area contributed by atoms with Gasteiger partial charge in [0.05, 0.1) is 5.41 Å². The first kappa shape index (κ1) is 20.1. The molecule has 0 aromatic heterocycles. The van der Waals surface area contributed by atoms with Crippen LogP contribution in [0.4, 0.5) is 4.79 Å². The Labute approximate surface area is 151 Å². The highest BCUT2D eigenvalue weighted by Crippen LogP contribution is 2.44. The van der Waals surface area contributed by atoms with E-state index in [4.69, 9.17) is 4.74 Å². The van der Waals surface area contributed by atoms with Crippen LogP contribution in [0.15, 0.2) is 0 Å². The fourth-order valence-electron chi connectivity index (χ4n) is 3.92. The molecule has 2 fully saturated rings. The van der Waals surface area contributed by atoms with E-state index in [1.54, 1.807) is 0 Å². The van der Waals surface area contributed by atoms with Crippen molar-refractivity contribution in [1.82, 2.24) is 5.32 Å². The van der Waals surface area contributed by atoms with Crippen LogP contribution < -0.4 is 5.32 Å². The molecule has 1 atom stereocenters. The van der Waals surface area contributed by atoms with E-state index in [-0.39, 0.29) is 6.54 Å². The summed E-state index contributed by atoms with van der Waals surface area (Å²) in [5, 5.41) is 12.7. The molecule has 0 spiro atoms. The molecule has 1 unspecified atom stereocenters. The zero-order chi connectivity index (χ0) is 18.5. The van der Waals surface area contributed by atoms with Crippen molar-refractivity contribution in [2.45, 2.75) is 90.6 Å². The summed E-state index contributed by atoms with van der Waals surface area (Å²) in [5.74, 6) is 0.377. The van der Waals surface area contributed by atoms with Crippen LogP contribution in [0.5, 0.6) is 0 Å². The zero-order valence-corrected chi connectivity index (χ0v) is 16.1. The predicted molar refractivity (Wildman–Crippen MR) is 97.5 cm³/mol. The highest BCUT2D eigenvalue weighted by molar-refractivity contribution is 5.76. The van der Waals surface area contributed by atoms with E-state index < -0.39 is 23.1 Å². The van der Waals surface area contributed by atoms with Gasteiger partial charge in [-0.2, -0.15) is 0 Å². The van der Waals surface area contributed by atoms with Crippen molar-refractivity contribution in [3.63, 3.8) is 0 Å². The lowest BCUT2D eigenvalue weighted by Gasteiger charge is -2.32. The summed E-state index contributed by atoms with van der Waals surface area (Å²) >= 11 is 0. The van der Waals surface area contributed by atoms with Crippen LogP contribution in [-0.4, -0.2) is 29.3 Å². The molecule has 2 aliphatic rings. The van der Waals surface area contributed by atoms with Crippen molar-refractivity contribution < 1.29 is 19.4 Å². The van der Waals surface area contributed by atoms with Crippen LogP contribution in [0, 0.1) is 17.3 Å². The molecule has 5 nitrogen and oxygen atoms in total. The second-order valence-electron chi connectivity index (χ2n) is 9.13. The quantitative estimate of drug-likeness (QED) is 0.660. The van der Waals surface area contributed by atoms with Gasteiger partial charge in [-0.25, -0.2) is 4.79 Å². The Morgan fingerprint density at radius 3 is 2.20 bits per heavy atom. The highest BCUT2D eigenvalue weighted by Gasteiger charge is 2.43. The number of hydrogen-bond acceptors (Lipinski definition) is 3. The second-order valence-corrected chi connectivity index (χ2v) is 9.13. The zero-order valence-electron chi connectivity index (χ0n) is 16.1. The van der Waals surface area contributed by atoms with E-state index in [1.807, 2.05) is 20.8 Å². The standard InChI is InChI=1S/C20H35NO4/c1-19(2,3)25-18(24)21-14-20(17(22)23,13-16-9-10-16)12-11-15-7-5-4-6-8-15/h15-16H,4-14H2,1-3H3,(H,21,24)(H,22,23). The van der Waals surface area contributed by atoms with Gasteiger partial charge in [-0.05, 0) is 51.9 Å². The summed E-state index contributed by atoms with van der Waals surface area (Å²) in [6.07, 6.45) is 10.3. The lowest BCUT2D eigenvalue weighted by Crippen LogP contribution is -2.45. The Bertz CT molecular complexity index is 461. The van der Waals surface area contributed by atoms with Crippen molar-refractivity contribution in [2.24, 2.45) is 17.3 Å². The van der Waals surface area contributed by atoms with Gasteiger partial charge >= 0.3 is 12.1 Å². The molecule has 25 heavy (non-hydrogen) atoms. The molecule has 2 aliphatic carbocycles. The van der Waals surface area contributed by atoms with Gasteiger partial charge in [-0.1, -0.05) is 44.9 Å². The Balaban J connectivity index is 1.96. The number of aliphatic carboxylic acids is 1. The van der Waals surface area contributed by atoms with Gasteiger partial charge in [0.25, 0.3) is 0 Å². The topological polar surface area (TPSA) is 75.6 Å². The number of ether oxygens (including phenoxy) is 1. The van der Waals surface area contributed by atoms with Crippen molar-refractivity contribution in [3.05, 3.63) is 0 Å². The van der Waals surface area contributed by atoms with Crippen LogP contribution in [-0.2, 0) is 9.53 Å². The molecular formula is C20H35NO4. The Kier molecular flexibility index (Phi) is 6.75. The van der Waals surface area contributed by atoms with Crippen molar-refractivity contribution in [1.29, 1.82) is 0 Å². The van der Waals surface area contributed by atoms with Crippen LogP contribution in [0.2, 0.25) is 0 Å². The number of carboxylic acids is 1. The summed E-state index contributed by atoms with van der Waals surface area (Å²) in [6, 6.07) is 0. The van der Waals surface area contributed by atoms with E-state index >= 15 is 0 Å². The molecule has 2 N–H and O–H groups in total. The van der Waals surface area contributed by atoms with Crippen LogP contribution in [0.1, 0.15) is 85.0 Å². The smallest absolute Gasteiger partial charge is 0.407 e. The fraction of sp³-hybridized carbons (Fsp3) is 0.900. The van der Waals surface area contributed by atoms with Gasteiger partial charge in [-0.15, -0.1) is 0 Å². The summed E-state index contributed by atoms with van der Waals surface area (Å²) in [7, 11) is 0. The minimum absolute atomic E-state index is 0.167. The fourth-order valence-corrected chi connectivity index (χ4v) is 3.92. The van der Waals surface area contributed by atoms with Crippen LogP contribution in [0.3, 0.4) is 0 Å². The van der Waals surface area contributed by atoms with Gasteiger partial charge in [0.1, 0.15) is 5.60 Å². The first-order valence-electron chi connectivity index (χ1n) is 9.90. The molecule has 144 valence electrons. The third-order valence-corrected chi connectivity index (χ3v) is 5.56. The summed E-state index contributed by atoms with van der Waals surface area (Å²) in [4.78, 5) is 24.2. The molecule has 5 heteroatoms. The third-order valence-electron chi connectivity index (χ3n) is 5.56. The van der Waals surface area contributed by atoms with Crippen LogP contribution in [0.25, 0.3) is 0 Å². The number of carbonyl (C=O) groups is 2. The Hall–Kier alpha value is -1.26. The number of amides is 1. The normalized spacial score (nSPS) is 21.4. The van der Waals surface area contributed by atoms with Gasteiger partial charge < -0.3 is 15.2 Å². The van der Waals surface area contributed by atoms with E-state index in [0.29, 0.717) is 24.7 Å². The number of rotatable bonds is 8. The Morgan fingerprint density at radius 2 is 1.68 bits per heavy atom. The van der Waals surface area contributed by atoms with Gasteiger partial charge in [0, 0.05) is 6.54 Å². The summed E-state index contributed by atoms with van der Waals surface area (Å²) < 4.78 is 5.28. The van der Waals surface area contributed by atoms with Gasteiger partial charge in [0.15, 0.2) is 0 Å². The van der Waals surface area contributed by atoms with E-state index in [1.165, 1.54) is 32.1 Å².